The van der Waals surface area contributed by atoms with Crippen LogP contribution in [-0.4, -0.2) is 60.1 Å². The average molecular weight is 512 g/mol. The first-order valence-corrected chi connectivity index (χ1v) is 12.2. The van der Waals surface area contributed by atoms with E-state index in [1.165, 1.54) is 11.2 Å². The number of hydrogen-bond acceptors (Lipinski definition) is 8. The van der Waals surface area contributed by atoms with Crippen LogP contribution in [0.3, 0.4) is 0 Å². The Morgan fingerprint density at radius 1 is 1.25 bits per heavy atom. The highest BCUT2D eigenvalue weighted by atomic mass is 35.5. The fourth-order valence-electron chi connectivity index (χ4n) is 3.94. The van der Waals surface area contributed by atoms with E-state index in [1.807, 2.05) is 40.0 Å². The normalized spacial score (nSPS) is 11.8. The van der Waals surface area contributed by atoms with E-state index in [-0.39, 0.29) is 11.9 Å². The number of nitrogen functional groups attached to an aromatic ring is 1. The van der Waals surface area contributed by atoms with Gasteiger partial charge in [0.15, 0.2) is 0 Å². The molecule has 0 aliphatic carbocycles. The Morgan fingerprint density at radius 3 is 2.61 bits per heavy atom. The molecule has 4 N–H and O–H groups in total. The van der Waals surface area contributed by atoms with Gasteiger partial charge in [-0.3, -0.25) is 9.78 Å². The molecule has 0 bridgehead atoms. The molecule has 0 aliphatic rings. The third-order valence-electron chi connectivity index (χ3n) is 5.89. The summed E-state index contributed by atoms with van der Waals surface area (Å²) in [5.41, 5.74) is 10.7. The van der Waals surface area contributed by atoms with Crippen LogP contribution >= 0.6 is 11.6 Å². The van der Waals surface area contributed by atoms with Crippen LogP contribution < -0.4 is 21.1 Å². The number of aromatic nitrogens is 3. The molecule has 0 saturated carbocycles. The molecule has 192 valence electrons. The monoisotopic (exact) mass is 511 g/mol. The SMILES string of the molecule is CCOc1c(C(C)Nc2ncnc(N)c2CCNC)cc(Cl)c(C)c1-c1ccc(C(=O)N(C)C)nc1. The van der Waals surface area contributed by atoms with Gasteiger partial charge in [0.2, 0.25) is 0 Å². The smallest absolute Gasteiger partial charge is 0.271 e. The van der Waals surface area contributed by atoms with Gasteiger partial charge in [0, 0.05) is 47.6 Å². The molecule has 2 aromatic heterocycles. The number of nitrogens with two attached hydrogens (primary N) is 1. The van der Waals surface area contributed by atoms with Crippen molar-refractivity contribution in [1.82, 2.24) is 25.2 Å². The molecule has 3 rings (SSSR count). The standard InChI is InChI=1S/C26H34ClN7O2/c1-7-36-23-19(16(3)33-25-18(10-11-29-4)24(28)31-14-32-25)12-20(27)15(2)22(23)17-8-9-21(30-13-17)26(35)34(5)6/h8-9,12-14,16,29H,7,10-11H2,1-6H3,(H3,28,31,32,33). The molecule has 0 fully saturated rings. The van der Waals surface area contributed by atoms with Crippen molar-refractivity contribution in [2.45, 2.75) is 33.2 Å². The molecular weight excluding hydrogens is 478 g/mol. The number of pyridine rings is 1. The lowest BCUT2D eigenvalue weighted by molar-refractivity contribution is 0.0822. The second kappa shape index (κ2) is 12.0. The zero-order valence-electron chi connectivity index (χ0n) is 21.6. The minimum Gasteiger partial charge on any atom is -0.493 e. The highest BCUT2D eigenvalue weighted by molar-refractivity contribution is 6.32. The fraction of sp³-hybridized carbons (Fsp3) is 0.385. The Bertz CT molecular complexity index is 1220. The number of rotatable bonds is 10. The predicted octanol–water partition coefficient (Wildman–Crippen LogP) is 4.12. The highest BCUT2D eigenvalue weighted by Crippen LogP contribution is 2.43. The topological polar surface area (TPSA) is 118 Å². The Kier molecular flexibility index (Phi) is 9.06. The van der Waals surface area contributed by atoms with Crippen molar-refractivity contribution >= 4 is 29.1 Å². The molecule has 0 spiro atoms. The van der Waals surface area contributed by atoms with Gasteiger partial charge >= 0.3 is 0 Å². The number of nitrogens with one attached hydrogen (secondary N) is 2. The third-order valence-corrected chi connectivity index (χ3v) is 6.29. The van der Waals surface area contributed by atoms with Crippen molar-refractivity contribution in [1.29, 1.82) is 0 Å². The molecule has 10 heteroatoms. The summed E-state index contributed by atoms with van der Waals surface area (Å²) < 4.78 is 6.18. The Labute approximate surface area is 217 Å². The predicted molar refractivity (Wildman–Crippen MR) is 145 cm³/mol. The van der Waals surface area contributed by atoms with Crippen molar-refractivity contribution < 1.29 is 9.53 Å². The maximum atomic E-state index is 12.3. The molecule has 3 aromatic rings. The van der Waals surface area contributed by atoms with Gasteiger partial charge in [-0.05, 0) is 58.5 Å². The van der Waals surface area contributed by atoms with Crippen molar-refractivity contribution in [3.63, 3.8) is 0 Å². The van der Waals surface area contributed by atoms with Crippen molar-refractivity contribution in [3.05, 3.63) is 58.1 Å². The minimum absolute atomic E-state index is 0.161. The Hall–Kier alpha value is -3.43. The van der Waals surface area contributed by atoms with E-state index in [0.717, 1.165) is 34.4 Å². The van der Waals surface area contributed by atoms with Crippen LogP contribution in [0.25, 0.3) is 11.1 Å². The van der Waals surface area contributed by atoms with Crippen LogP contribution in [0.2, 0.25) is 5.02 Å². The second-order valence-corrected chi connectivity index (χ2v) is 9.05. The molecule has 0 saturated heterocycles. The van der Waals surface area contributed by atoms with Gasteiger partial charge in [0.05, 0.1) is 12.6 Å². The Balaban J connectivity index is 2.07. The van der Waals surface area contributed by atoms with E-state index in [4.69, 9.17) is 22.1 Å². The van der Waals surface area contributed by atoms with Crippen LogP contribution in [0.15, 0.2) is 30.7 Å². The summed E-state index contributed by atoms with van der Waals surface area (Å²) in [7, 11) is 5.28. The molecule has 1 atom stereocenters. The summed E-state index contributed by atoms with van der Waals surface area (Å²) in [5, 5.41) is 7.21. The maximum Gasteiger partial charge on any atom is 0.271 e. The van der Waals surface area contributed by atoms with E-state index >= 15 is 0 Å². The van der Waals surface area contributed by atoms with Gasteiger partial charge in [-0.15, -0.1) is 0 Å². The van der Waals surface area contributed by atoms with Crippen molar-refractivity contribution in [2.75, 3.05) is 45.3 Å². The van der Waals surface area contributed by atoms with Crippen molar-refractivity contribution in [3.8, 4) is 16.9 Å². The van der Waals surface area contributed by atoms with E-state index < -0.39 is 0 Å². The third kappa shape index (κ3) is 5.85. The zero-order valence-corrected chi connectivity index (χ0v) is 22.4. The molecule has 2 heterocycles. The number of carbonyl (C=O) groups is 1. The highest BCUT2D eigenvalue weighted by Gasteiger charge is 2.23. The number of benzene rings is 1. The van der Waals surface area contributed by atoms with E-state index in [0.29, 0.717) is 41.1 Å². The minimum atomic E-state index is -0.214. The number of hydrogen-bond donors (Lipinski definition) is 3. The summed E-state index contributed by atoms with van der Waals surface area (Å²) in [6.45, 7) is 7.11. The van der Waals surface area contributed by atoms with Gasteiger partial charge in [-0.25, -0.2) is 9.97 Å². The number of carbonyl (C=O) groups excluding carboxylic acids is 1. The van der Waals surface area contributed by atoms with Crippen LogP contribution in [0.1, 0.15) is 47.1 Å². The molecular formula is C26H34ClN7O2. The average Bonchev–Trinajstić information content (AvgIpc) is 2.85. The van der Waals surface area contributed by atoms with Crippen LogP contribution in [0, 0.1) is 6.92 Å². The lowest BCUT2D eigenvalue weighted by Crippen LogP contribution is -2.22. The van der Waals surface area contributed by atoms with E-state index in [9.17, 15) is 4.79 Å². The first kappa shape index (κ1) is 27.2. The molecule has 1 amide bonds. The van der Waals surface area contributed by atoms with Crippen LogP contribution in [-0.2, 0) is 6.42 Å². The summed E-state index contributed by atoms with van der Waals surface area (Å²) in [6, 6.07) is 5.28. The molecule has 1 aromatic carbocycles. The van der Waals surface area contributed by atoms with E-state index in [2.05, 4.69) is 25.6 Å². The number of ether oxygens (including phenoxy) is 1. The summed E-state index contributed by atoms with van der Waals surface area (Å²) >= 11 is 6.72. The lowest BCUT2D eigenvalue weighted by Gasteiger charge is -2.24. The van der Waals surface area contributed by atoms with Gasteiger partial charge in [0.25, 0.3) is 5.91 Å². The Morgan fingerprint density at radius 2 is 2.00 bits per heavy atom. The first-order chi connectivity index (χ1) is 17.2. The maximum absolute atomic E-state index is 12.3. The number of halogens is 1. The lowest BCUT2D eigenvalue weighted by atomic mass is 9.94. The summed E-state index contributed by atoms with van der Waals surface area (Å²) in [5.74, 6) is 1.65. The molecule has 36 heavy (non-hydrogen) atoms. The molecule has 1 unspecified atom stereocenters. The molecule has 9 nitrogen and oxygen atoms in total. The first-order valence-electron chi connectivity index (χ1n) is 11.8. The zero-order chi connectivity index (χ0) is 26.4. The molecule has 0 aliphatic heterocycles. The van der Waals surface area contributed by atoms with Gasteiger partial charge < -0.3 is 26.0 Å². The fourth-order valence-corrected chi connectivity index (χ4v) is 4.15. The summed E-state index contributed by atoms with van der Waals surface area (Å²) in [4.78, 5) is 26.8. The number of nitrogens with zero attached hydrogens (tertiary/aromatic N) is 4. The van der Waals surface area contributed by atoms with Gasteiger partial charge in [0.1, 0.15) is 29.4 Å². The van der Waals surface area contributed by atoms with Crippen molar-refractivity contribution in [2.24, 2.45) is 0 Å². The molecule has 0 radical (unpaired) electrons. The number of likely N-dealkylation sites (N-methyl/N-ethyl adjacent to an activating group) is 1. The number of amides is 1. The van der Waals surface area contributed by atoms with Gasteiger partial charge in [-0.1, -0.05) is 17.7 Å². The second-order valence-electron chi connectivity index (χ2n) is 8.65. The summed E-state index contributed by atoms with van der Waals surface area (Å²) in [6.07, 6.45) is 3.81. The van der Waals surface area contributed by atoms with Gasteiger partial charge in [-0.2, -0.15) is 0 Å². The quantitative estimate of drug-likeness (QED) is 0.372. The van der Waals surface area contributed by atoms with Crippen LogP contribution in [0.4, 0.5) is 11.6 Å². The number of anilines is 2. The largest absolute Gasteiger partial charge is 0.493 e. The van der Waals surface area contributed by atoms with E-state index in [1.54, 1.807) is 26.4 Å². The van der Waals surface area contributed by atoms with Crippen LogP contribution in [0.5, 0.6) is 5.75 Å².